The number of rotatable bonds is 4. The molecule has 2 nitrogen and oxygen atoms in total. The summed E-state index contributed by atoms with van der Waals surface area (Å²) >= 11 is 0. The topological polar surface area (TPSA) is 26.3 Å². The first-order valence-corrected chi connectivity index (χ1v) is 11.3. The van der Waals surface area contributed by atoms with Gasteiger partial charge in [0.05, 0.1) is 12.7 Å². The van der Waals surface area contributed by atoms with E-state index in [0.29, 0.717) is 11.3 Å². The Hall–Kier alpha value is -4.43. The minimum atomic E-state index is 0.546. The minimum Gasteiger partial charge on any atom is -0.496 e. The number of carbonyl (C=O) groups is 1. The molecule has 2 heteroatoms. The molecule has 0 heterocycles. The third-order valence-corrected chi connectivity index (χ3v) is 6.61. The lowest BCUT2D eigenvalue weighted by Gasteiger charge is -2.17. The Bertz CT molecular complexity index is 1650. The fourth-order valence-electron chi connectivity index (χ4n) is 5.09. The van der Waals surface area contributed by atoms with Gasteiger partial charge in [0.25, 0.3) is 0 Å². The quantitative estimate of drug-likeness (QED) is 0.204. The number of fused-ring (bicyclic) bond motifs is 3. The van der Waals surface area contributed by atoms with E-state index >= 15 is 0 Å². The molecule has 0 N–H and O–H groups in total. The van der Waals surface area contributed by atoms with E-state index in [1.807, 2.05) is 18.2 Å². The highest BCUT2D eigenvalue weighted by Gasteiger charge is 2.16. The molecule has 0 aromatic heterocycles. The first kappa shape index (κ1) is 20.2. The highest BCUT2D eigenvalue weighted by molar-refractivity contribution is 6.19. The van der Waals surface area contributed by atoms with Crippen molar-refractivity contribution in [2.24, 2.45) is 0 Å². The Morgan fingerprint density at radius 2 is 1.24 bits per heavy atom. The average Bonchev–Trinajstić information content (AvgIpc) is 2.90. The van der Waals surface area contributed by atoms with Gasteiger partial charge in [-0.1, -0.05) is 91.0 Å². The average molecular weight is 439 g/mol. The zero-order chi connectivity index (χ0) is 23.1. The van der Waals surface area contributed by atoms with Crippen molar-refractivity contribution in [3.05, 3.63) is 115 Å². The summed E-state index contributed by atoms with van der Waals surface area (Å²) in [5.41, 5.74) is 5.05. The molecule has 0 unspecified atom stereocenters. The van der Waals surface area contributed by atoms with Crippen LogP contribution in [0.4, 0.5) is 0 Å². The van der Waals surface area contributed by atoms with Crippen LogP contribution in [-0.2, 0) is 0 Å². The van der Waals surface area contributed by atoms with Gasteiger partial charge < -0.3 is 4.74 Å². The molecule has 0 radical (unpaired) electrons. The van der Waals surface area contributed by atoms with Gasteiger partial charge in [-0.05, 0) is 72.8 Å². The summed E-state index contributed by atoms with van der Waals surface area (Å²) in [6.45, 7) is 0. The second-order valence-electron chi connectivity index (χ2n) is 8.48. The highest BCUT2D eigenvalue weighted by Crippen LogP contribution is 2.43. The van der Waals surface area contributed by atoms with E-state index in [0.717, 1.165) is 22.8 Å². The van der Waals surface area contributed by atoms with Crippen molar-refractivity contribution in [3.63, 3.8) is 0 Å². The molecular weight excluding hydrogens is 416 g/mol. The van der Waals surface area contributed by atoms with Crippen LogP contribution in [0.25, 0.3) is 54.6 Å². The van der Waals surface area contributed by atoms with Gasteiger partial charge in [0.1, 0.15) is 5.75 Å². The van der Waals surface area contributed by atoms with Gasteiger partial charge in [0.15, 0.2) is 6.29 Å². The lowest BCUT2D eigenvalue weighted by molar-refractivity contribution is 0.112. The molecule has 0 atom stereocenters. The summed E-state index contributed by atoms with van der Waals surface area (Å²) in [4.78, 5) is 11.7. The van der Waals surface area contributed by atoms with E-state index in [2.05, 4.69) is 91.0 Å². The van der Waals surface area contributed by atoms with Crippen LogP contribution in [-0.4, -0.2) is 13.4 Å². The molecule has 162 valence electrons. The lowest BCUT2D eigenvalue weighted by atomic mass is 9.86. The third-order valence-electron chi connectivity index (χ3n) is 6.61. The predicted molar refractivity (Wildman–Crippen MR) is 142 cm³/mol. The Balaban J connectivity index is 1.75. The van der Waals surface area contributed by atoms with Crippen molar-refractivity contribution >= 4 is 38.6 Å². The van der Waals surface area contributed by atoms with Crippen molar-refractivity contribution in [3.8, 4) is 28.0 Å². The van der Waals surface area contributed by atoms with E-state index in [-0.39, 0.29) is 0 Å². The van der Waals surface area contributed by atoms with Crippen LogP contribution in [0.1, 0.15) is 10.4 Å². The van der Waals surface area contributed by atoms with Crippen LogP contribution in [0.2, 0.25) is 0 Å². The summed E-state index contributed by atoms with van der Waals surface area (Å²) in [6.07, 6.45) is 0.854. The highest BCUT2D eigenvalue weighted by atomic mass is 16.5. The first-order valence-electron chi connectivity index (χ1n) is 11.3. The fourth-order valence-corrected chi connectivity index (χ4v) is 5.09. The van der Waals surface area contributed by atoms with Crippen LogP contribution in [0, 0.1) is 0 Å². The van der Waals surface area contributed by atoms with Crippen molar-refractivity contribution in [1.82, 2.24) is 0 Å². The molecule has 0 aliphatic heterocycles. The number of aldehydes is 1. The molecule has 6 aromatic rings. The monoisotopic (exact) mass is 438 g/mol. The second kappa shape index (κ2) is 8.17. The Labute approximate surface area is 198 Å². The van der Waals surface area contributed by atoms with Gasteiger partial charge in [0.2, 0.25) is 0 Å². The Morgan fingerprint density at radius 3 is 1.88 bits per heavy atom. The minimum absolute atomic E-state index is 0.546. The molecule has 0 amide bonds. The molecule has 6 aromatic carbocycles. The Kier molecular flexibility index (Phi) is 4.85. The maximum Gasteiger partial charge on any atom is 0.153 e. The molecule has 0 saturated carbocycles. The smallest absolute Gasteiger partial charge is 0.153 e. The molecule has 34 heavy (non-hydrogen) atoms. The maximum atomic E-state index is 11.7. The summed E-state index contributed by atoms with van der Waals surface area (Å²) < 4.78 is 5.37. The van der Waals surface area contributed by atoms with Crippen molar-refractivity contribution in [1.29, 1.82) is 0 Å². The summed E-state index contributed by atoms with van der Waals surface area (Å²) in [7, 11) is 1.59. The summed E-state index contributed by atoms with van der Waals surface area (Å²) in [6, 6.07) is 38.1. The maximum absolute atomic E-state index is 11.7. The van der Waals surface area contributed by atoms with Gasteiger partial charge in [0, 0.05) is 0 Å². The second-order valence-corrected chi connectivity index (χ2v) is 8.48. The van der Waals surface area contributed by atoms with E-state index in [1.54, 1.807) is 7.11 Å². The number of methoxy groups -OCH3 is 1. The molecular formula is C32H22O2. The lowest BCUT2D eigenvalue weighted by Crippen LogP contribution is -1.93. The van der Waals surface area contributed by atoms with Crippen LogP contribution < -0.4 is 4.74 Å². The van der Waals surface area contributed by atoms with Gasteiger partial charge in [-0.15, -0.1) is 0 Å². The number of benzene rings is 6. The number of carbonyl (C=O) groups excluding carboxylic acids is 1. The number of ether oxygens (including phenoxy) is 1. The largest absolute Gasteiger partial charge is 0.496 e. The first-order chi connectivity index (χ1) is 16.8. The summed E-state index contributed by atoms with van der Waals surface area (Å²) in [5, 5.41) is 7.24. The number of hydrogen-bond donors (Lipinski definition) is 0. The molecule has 0 aliphatic carbocycles. The van der Waals surface area contributed by atoms with Gasteiger partial charge >= 0.3 is 0 Å². The molecule has 0 spiro atoms. The SMILES string of the molecule is COc1ccc(-c2cccc3cccc(-c4c5ccccc5cc5ccccc45)c23)cc1C=O. The zero-order valence-corrected chi connectivity index (χ0v) is 18.8. The van der Waals surface area contributed by atoms with E-state index in [1.165, 1.54) is 38.1 Å². The predicted octanol–water partition coefficient (Wildman–Crippen LogP) is 8.30. The van der Waals surface area contributed by atoms with E-state index < -0.39 is 0 Å². The molecule has 0 fully saturated rings. The van der Waals surface area contributed by atoms with Crippen LogP contribution in [0.15, 0.2) is 109 Å². The van der Waals surface area contributed by atoms with Crippen LogP contribution in [0.3, 0.4) is 0 Å². The molecule has 0 aliphatic rings. The molecule has 0 saturated heterocycles. The van der Waals surface area contributed by atoms with Crippen LogP contribution in [0.5, 0.6) is 5.75 Å². The standard InChI is InChI=1S/C32H22O2/c1-34-30-17-16-24(19-25(30)20-33)26-14-6-10-21-11-7-15-29(31(21)26)32-27-12-4-2-8-22(27)18-23-9-3-5-13-28(23)32/h2-20H,1H3. The van der Waals surface area contributed by atoms with Crippen molar-refractivity contribution in [2.45, 2.75) is 0 Å². The Morgan fingerprint density at radius 1 is 0.618 bits per heavy atom. The summed E-state index contributed by atoms with van der Waals surface area (Å²) in [5.74, 6) is 0.583. The molecule has 0 bridgehead atoms. The van der Waals surface area contributed by atoms with E-state index in [9.17, 15) is 4.79 Å². The van der Waals surface area contributed by atoms with Gasteiger partial charge in [-0.25, -0.2) is 0 Å². The van der Waals surface area contributed by atoms with Gasteiger partial charge in [-0.2, -0.15) is 0 Å². The van der Waals surface area contributed by atoms with E-state index in [4.69, 9.17) is 4.74 Å². The van der Waals surface area contributed by atoms with Gasteiger partial charge in [-0.3, -0.25) is 4.79 Å². The van der Waals surface area contributed by atoms with Crippen molar-refractivity contribution in [2.75, 3.05) is 7.11 Å². The number of hydrogen-bond acceptors (Lipinski definition) is 2. The third kappa shape index (κ3) is 3.15. The zero-order valence-electron chi connectivity index (χ0n) is 18.8. The fraction of sp³-hybridized carbons (Fsp3) is 0.0312. The van der Waals surface area contributed by atoms with Crippen molar-refractivity contribution < 1.29 is 9.53 Å². The van der Waals surface area contributed by atoms with Crippen LogP contribution >= 0.6 is 0 Å². The normalized spacial score (nSPS) is 11.2. The molecule has 6 rings (SSSR count).